The van der Waals surface area contributed by atoms with E-state index in [2.05, 4.69) is 26.0 Å². The number of carbonyl (C=O) groups is 2. The minimum atomic E-state index is -0.507. The minimum absolute atomic E-state index is 0.0456. The number of ether oxygens (including phenoxy) is 1. The van der Waals surface area contributed by atoms with E-state index in [1.807, 2.05) is 0 Å². The Hall–Kier alpha value is -1.87. The van der Waals surface area contributed by atoms with Crippen LogP contribution in [0, 0.1) is 11.3 Å². The van der Waals surface area contributed by atoms with E-state index in [0.29, 0.717) is 5.56 Å². The van der Waals surface area contributed by atoms with Crippen LogP contribution in [-0.4, -0.2) is 25.0 Å². The van der Waals surface area contributed by atoms with Crippen molar-refractivity contribution in [1.82, 2.24) is 5.32 Å². The van der Waals surface area contributed by atoms with Crippen molar-refractivity contribution in [3.05, 3.63) is 34.3 Å². The molecule has 0 unspecified atom stereocenters. The molecule has 18 heavy (non-hydrogen) atoms. The number of nitrogens with zero attached hydrogens (tertiary/aromatic N) is 1. The van der Waals surface area contributed by atoms with Crippen molar-refractivity contribution in [1.29, 1.82) is 5.26 Å². The first-order chi connectivity index (χ1) is 8.63. The minimum Gasteiger partial charge on any atom is -0.450 e. The van der Waals surface area contributed by atoms with Gasteiger partial charge in [-0.2, -0.15) is 5.26 Å². The molecular weight excluding hydrogens is 300 g/mol. The highest BCUT2D eigenvalue weighted by molar-refractivity contribution is 9.10. The molecule has 0 spiro atoms. The van der Waals surface area contributed by atoms with Crippen molar-refractivity contribution in [2.75, 3.05) is 13.2 Å². The van der Waals surface area contributed by atoms with Gasteiger partial charge < -0.3 is 10.1 Å². The van der Waals surface area contributed by atoms with Gasteiger partial charge in [-0.05, 0) is 24.3 Å². The lowest BCUT2D eigenvalue weighted by molar-refractivity contribution is -0.142. The zero-order chi connectivity index (χ0) is 13.4. The van der Waals surface area contributed by atoms with Crippen molar-refractivity contribution in [2.45, 2.75) is 6.42 Å². The van der Waals surface area contributed by atoms with Crippen LogP contribution in [0.3, 0.4) is 0 Å². The summed E-state index contributed by atoms with van der Waals surface area (Å²) in [5, 5.41) is 10.8. The van der Waals surface area contributed by atoms with E-state index in [0.717, 1.165) is 4.47 Å². The molecule has 0 aliphatic rings. The number of esters is 1. The lowest BCUT2D eigenvalue weighted by atomic mass is 10.2. The molecule has 5 nitrogen and oxygen atoms in total. The molecule has 0 fully saturated rings. The SMILES string of the molecule is N#CCOC(=O)CCNC(=O)c1ccc(Br)cc1. The van der Waals surface area contributed by atoms with Crippen molar-refractivity contribution in [3.63, 3.8) is 0 Å². The van der Waals surface area contributed by atoms with Crippen molar-refractivity contribution in [3.8, 4) is 6.07 Å². The summed E-state index contributed by atoms with van der Waals surface area (Å²) in [6, 6.07) is 8.56. The van der Waals surface area contributed by atoms with Crippen LogP contribution in [0.15, 0.2) is 28.7 Å². The molecule has 0 radical (unpaired) electrons. The Morgan fingerprint density at radius 1 is 1.33 bits per heavy atom. The molecule has 0 saturated carbocycles. The summed E-state index contributed by atoms with van der Waals surface area (Å²) in [6.07, 6.45) is 0.0456. The lowest BCUT2D eigenvalue weighted by Gasteiger charge is -2.04. The number of carbonyl (C=O) groups excluding carboxylic acids is 2. The summed E-state index contributed by atoms with van der Waals surface area (Å²) in [5.41, 5.74) is 0.517. The third-order valence-electron chi connectivity index (χ3n) is 2.02. The standard InChI is InChI=1S/C12H11BrN2O3/c13-10-3-1-9(2-4-10)12(17)15-7-5-11(16)18-8-6-14/h1-4H,5,7-8H2,(H,15,17). The number of nitriles is 1. The number of rotatable bonds is 5. The fourth-order valence-electron chi connectivity index (χ4n) is 1.17. The second-order valence-corrected chi connectivity index (χ2v) is 4.25. The molecule has 1 rings (SSSR count). The third kappa shape index (κ3) is 4.97. The van der Waals surface area contributed by atoms with E-state index in [9.17, 15) is 9.59 Å². The summed E-state index contributed by atoms with van der Waals surface area (Å²) >= 11 is 3.27. The van der Waals surface area contributed by atoms with Gasteiger partial charge in [0.1, 0.15) is 6.07 Å². The highest BCUT2D eigenvalue weighted by Gasteiger charge is 2.06. The van der Waals surface area contributed by atoms with Gasteiger partial charge in [0.2, 0.25) is 0 Å². The summed E-state index contributed by atoms with van der Waals surface area (Å²) in [7, 11) is 0. The molecule has 1 aromatic carbocycles. The summed E-state index contributed by atoms with van der Waals surface area (Å²) in [4.78, 5) is 22.7. The number of benzene rings is 1. The maximum atomic E-state index is 11.6. The molecule has 0 bridgehead atoms. The van der Waals surface area contributed by atoms with Crippen molar-refractivity contribution in [2.24, 2.45) is 0 Å². The van der Waals surface area contributed by atoms with Crippen molar-refractivity contribution < 1.29 is 14.3 Å². The first-order valence-electron chi connectivity index (χ1n) is 5.20. The highest BCUT2D eigenvalue weighted by atomic mass is 79.9. The normalized spacial score (nSPS) is 9.33. The van der Waals surface area contributed by atoms with Gasteiger partial charge in [0.25, 0.3) is 5.91 Å². The Bertz CT molecular complexity index is 465. The second-order valence-electron chi connectivity index (χ2n) is 3.33. The van der Waals surface area contributed by atoms with Crippen LogP contribution >= 0.6 is 15.9 Å². The van der Waals surface area contributed by atoms with Gasteiger partial charge in [0.15, 0.2) is 6.61 Å². The van der Waals surface area contributed by atoms with E-state index < -0.39 is 5.97 Å². The predicted octanol–water partition coefficient (Wildman–Crippen LogP) is 1.64. The van der Waals surface area contributed by atoms with Crippen LogP contribution < -0.4 is 5.32 Å². The Labute approximate surface area is 113 Å². The molecule has 0 aliphatic carbocycles. The van der Waals surface area contributed by atoms with E-state index >= 15 is 0 Å². The molecule has 0 atom stereocenters. The molecule has 1 N–H and O–H groups in total. The van der Waals surface area contributed by atoms with Gasteiger partial charge in [-0.25, -0.2) is 0 Å². The largest absolute Gasteiger partial charge is 0.450 e. The van der Waals surface area contributed by atoms with Gasteiger partial charge in [-0.1, -0.05) is 15.9 Å². The zero-order valence-corrected chi connectivity index (χ0v) is 11.1. The molecule has 0 aliphatic heterocycles. The number of hydrogen-bond acceptors (Lipinski definition) is 4. The Kier molecular flexibility index (Phi) is 5.88. The smallest absolute Gasteiger partial charge is 0.308 e. The molecule has 0 heterocycles. The first kappa shape index (κ1) is 14.2. The van der Waals surface area contributed by atoms with Crippen LogP contribution in [0.5, 0.6) is 0 Å². The van der Waals surface area contributed by atoms with Crippen molar-refractivity contribution >= 4 is 27.8 Å². The fraction of sp³-hybridized carbons (Fsp3) is 0.250. The Balaban J connectivity index is 2.31. The van der Waals surface area contributed by atoms with Gasteiger partial charge in [-0.15, -0.1) is 0 Å². The van der Waals surface area contributed by atoms with E-state index in [1.165, 1.54) is 0 Å². The number of amides is 1. The van der Waals surface area contributed by atoms with Crippen LogP contribution in [0.4, 0.5) is 0 Å². The number of halogens is 1. The van der Waals surface area contributed by atoms with Gasteiger partial charge in [0, 0.05) is 16.6 Å². The lowest BCUT2D eigenvalue weighted by Crippen LogP contribution is -2.26. The van der Waals surface area contributed by atoms with Crippen LogP contribution in [0.2, 0.25) is 0 Å². The first-order valence-corrected chi connectivity index (χ1v) is 5.99. The highest BCUT2D eigenvalue weighted by Crippen LogP contribution is 2.10. The van der Waals surface area contributed by atoms with Crippen LogP contribution in [0.25, 0.3) is 0 Å². The third-order valence-corrected chi connectivity index (χ3v) is 2.55. The Morgan fingerprint density at radius 3 is 2.61 bits per heavy atom. The van der Waals surface area contributed by atoms with E-state index in [1.54, 1.807) is 30.3 Å². The van der Waals surface area contributed by atoms with Gasteiger partial charge in [-0.3, -0.25) is 9.59 Å². The Morgan fingerprint density at radius 2 is 2.00 bits per heavy atom. The average Bonchev–Trinajstić information content (AvgIpc) is 2.37. The molecule has 0 saturated heterocycles. The number of hydrogen-bond donors (Lipinski definition) is 1. The topological polar surface area (TPSA) is 79.2 Å². The molecule has 6 heteroatoms. The maximum absolute atomic E-state index is 11.6. The quantitative estimate of drug-likeness (QED) is 0.838. The van der Waals surface area contributed by atoms with Crippen LogP contribution in [-0.2, 0) is 9.53 Å². The molecule has 1 amide bonds. The fourth-order valence-corrected chi connectivity index (χ4v) is 1.43. The monoisotopic (exact) mass is 310 g/mol. The van der Waals surface area contributed by atoms with Crippen LogP contribution in [0.1, 0.15) is 16.8 Å². The number of nitrogens with one attached hydrogen (secondary N) is 1. The van der Waals surface area contributed by atoms with Gasteiger partial charge >= 0.3 is 5.97 Å². The molecular formula is C12H11BrN2O3. The summed E-state index contributed by atoms with van der Waals surface area (Å²) < 4.78 is 5.42. The molecule has 0 aromatic heterocycles. The predicted molar refractivity (Wildman–Crippen MR) is 67.7 cm³/mol. The average molecular weight is 311 g/mol. The van der Waals surface area contributed by atoms with Gasteiger partial charge in [0.05, 0.1) is 6.42 Å². The second kappa shape index (κ2) is 7.45. The summed E-state index contributed by atoms with van der Waals surface area (Å²) in [6.45, 7) is -0.0847. The van der Waals surface area contributed by atoms with E-state index in [4.69, 9.17) is 5.26 Å². The molecule has 94 valence electrons. The van der Waals surface area contributed by atoms with E-state index in [-0.39, 0.29) is 25.5 Å². The zero-order valence-electron chi connectivity index (χ0n) is 9.48. The summed E-state index contributed by atoms with van der Waals surface area (Å²) in [5.74, 6) is -0.761. The molecule has 1 aromatic rings. The maximum Gasteiger partial charge on any atom is 0.308 e.